The van der Waals surface area contributed by atoms with Crippen LogP contribution in [0.15, 0.2) is 91.5 Å². The summed E-state index contributed by atoms with van der Waals surface area (Å²) in [4.78, 5) is 10.7. The Labute approximate surface area is 199 Å². The van der Waals surface area contributed by atoms with E-state index in [1.807, 2.05) is 24.3 Å². The smallest absolute Gasteiger partial charge is 0.142 e. The van der Waals surface area contributed by atoms with E-state index >= 15 is 0 Å². The molecule has 0 bridgehead atoms. The fourth-order valence-electron chi connectivity index (χ4n) is 4.20. The van der Waals surface area contributed by atoms with Crippen LogP contribution in [0.1, 0.15) is 66.6 Å². The summed E-state index contributed by atoms with van der Waals surface area (Å²) >= 11 is 0. The van der Waals surface area contributed by atoms with Gasteiger partial charge >= 0.3 is 0 Å². The van der Waals surface area contributed by atoms with Crippen LogP contribution in [-0.4, -0.2) is 6.29 Å². The lowest BCUT2D eigenvalue weighted by Crippen LogP contribution is -2.21. The number of aldehydes is 1. The largest absolute Gasteiger partial charge is 0.299 e. The number of carbonyl (C=O) groups is 1. The molecule has 0 aliphatic heterocycles. The van der Waals surface area contributed by atoms with Gasteiger partial charge in [-0.1, -0.05) is 125 Å². The van der Waals surface area contributed by atoms with E-state index in [-0.39, 0.29) is 10.8 Å². The first-order chi connectivity index (χ1) is 15.7. The SMILES string of the molecule is C=C/C=C/c1cc(C(C)(C)c2ccc(C(C)(C)c3cccc(/C=C/C=O)c3)cc2)ccc1C. The summed E-state index contributed by atoms with van der Waals surface area (Å²) < 4.78 is 0. The molecule has 33 heavy (non-hydrogen) atoms. The maximum atomic E-state index is 10.7. The van der Waals surface area contributed by atoms with E-state index in [0.29, 0.717) is 0 Å². The minimum atomic E-state index is -0.153. The number of hydrogen-bond acceptors (Lipinski definition) is 1. The first kappa shape index (κ1) is 24.2. The van der Waals surface area contributed by atoms with Gasteiger partial charge in [0.2, 0.25) is 0 Å². The average Bonchev–Trinajstić information content (AvgIpc) is 2.82. The van der Waals surface area contributed by atoms with Gasteiger partial charge in [0.1, 0.15) is 6.29 Å². The normalized spacial score (nSPS) is 12.4. The molecule has 3 aromatic rings. The van der Waals surface area contributed by atoms with Crippen LogP contribution in [0.2, 0.25) is 0 Å². The van der Waals surface area contributed by atoms with Crippen molar-refractivity contribution in [1.29, 1.82) is 0 Å². The van der Waals surface area contributed by atoms with E-state index in [4.69, 9.17) is 0 Å². The topological polar surface area (TPSA) is 17.1 Å². The zero-order valence-electron chi connectivity index (χ0n) is 20.4. The molecular weight excluding hydrogens is 400 g/mol. The summed E-state index contributed by atoms with van der Waals surface area (Å²) in [6, 6.07) is 24.1. The van der Waals surface area contributed by atoms with Crippen molar-refractivity contribution in [2.75, 3.05) is 0 Å². The summed E-state index contributed by atoms with van der Waals surface area (Å²) in [7, 11) is 0. The van der Waals surface area contributed by atoms with E-state index in [1.165, 1.54) is 39.5 Å². The minimum Gasteiger partial charge on any atom is -0.299 e. The van der Waals surface area contributed by atoms with E-state index in [0.717, 1.165) is 11.8 Å². The summed E-state index contributed by atoms with van der Waals surface area (Å²) in [6.07, 6.45) is 10.1. The highest BCUT2D eigenvalue weighted by molar-refractivity contribution is 5.74. The predicted octanol–water partition coefficient (Wildman–Crippen LogP) is 8.06. The molecule has 1 nitrogen and oxygen atoms in total. The van der Waals surface area contributed by atoms with Gasteiger partial charge < -0.3 is 0 Å². The van der Waals surface area contributed by atoms with Gasteiger partial charge in [-0.3, -0.25) is 4.79 Å². The van der Waals surface area contributed by atoms with Gasteiger partial charge in [-0.25, -0.2) is 0 Å². The Bertz CT molecular complexity index is 1190. The van der Waals surface area contributed by atoms with Crippen LogP contribution in [-0.2, 0) is 15.6 Å². The van der Waals surface area contributed by atoms with Crippen LogP contribution >= 0.6 is 0 Å². The molecule has 0 amide bonds. The summed E-state index contributed by atoms with van der Waals surface area (Å²) in [5.74, 6) is 0. The second kappa shape index (κ2) is 10.0. The molecule has 1 heteroatoms. The van der Waals surface area contributed by atoms with Crippen molar-refractivity contribution in [2.45, 2.75) is 45.4 Å². The Kier molecular flexibility index (Phi) is 7.33. The molecule has 0 unspecified atom stereocenters. The van der Waals surface area contributed by atoms with Crippen LogP contribution < -0.4 is 0 Å². The fourth-order valence-corrected chi connectivity index (χ4v) is 4.20. The summed E-state index contributed by atoms with van der Waals surface area (Å²) in [5.41, 5.74) is 8.30. The molecule has 3 aromatic carbocycles. The van der Waals surface area contributed by atoms with Crippen LogP contribution in [0.5, 0.6) is 0 Å². The highest BCUT2D eigenvalue weighted by atomic mass is 16.1. The van der Waals surface area contributed by atoms with Gasteiger partial charge in [0.15, 0.2) is 0 Å². The molecule has 0 radical (unpaired) electrons. The van der Waals surface area contributed by atoms with Crippen molar-refractivity contribution >= 4 is 18.4 Å². The van der Waals surface area contributed by atoms with Crippen molar-refractivity contribution in [1.82, 2.24) is 0 Å². The molecule has 0 aliphatic rings. The van der Waals surface area contributed by atoms with Gasteiger partial charge in [0.05, 0.1) is 0 Å². The van der Waals surface area contributed by atoms with Gasteiger partial charge in [-0.2, -0.15) is 0 Å². The molecule has 168 valence electrons. The highest BCUT2D eigenvalue weighted by Gasteiger charge is 2.26. The van der Waals surface area contributed by atoms with E-state index < -0.39 is 0 Å². The van der Waals surface area contributed by atoms with Gasteiger partial charge in [0.25, 0.3) is 0 Å². The molecular formula is C32H34O. The number of carbonyl (C=O) groups excluding carboxylic acids is 1. The van der Waals surface area contributed by atoms with Gasteiger partial charge in [-0.15, -0.1) is 0 Å². The van der Waals surface area contributed by atoms with E-state index in [9.17, 15) is 4.79 Å². The number of allylic oxidation sites excluding steroid dienone is 3. The Morgan fingerprint density at radius 2 is 1.27 bits per heavy atom. The molecule has 0 saturated carbocycles. The van der Waals surface area contributed by atoms with Crippen molar-refractivity contribution in [2.24, 2.45) is 0 Å². The van der Waals surface area contributed by atoms with Crippen LogP contribution in [0, 0.1) is 6.92 Å². The molecule has 0 N–H and O–H groups in total. The van der Waals surface area contributed by atoms with E-state index in [1.54, 1.807) is 0 Å². The molecule has 0 heterocycles. The van der Waals surface area contributed by atoms with Crippen molar-refractivity contribution in [3.05, 3.63) is 130 Å². The molecule has 0 saturated heterocycles. The van der Waals surface area contributed by atoms with Crippen molar-refractivity contribution in [3.63, 3.8) is 0 Å². The lowest BCUT2D eigenvalue weighted by molar-refractivity contribution is -0.104. The highest BCUT2D eigenvalue weighted by Crippen LogP contribution is 2.36. The third-order valence-corrected chi connectivity index (χ3v) is 6.72. The molecule has 0 fully saturated rings. The molecule has 0 aromatic heterocycles. The van der Waals surface area contributed by atoms with Crippen LogP contribution in [0.3, 0.4) is 0 Å². The number of aryl methyl sites for hydroxylation is 1. The first-order valence-corrected chi connectivity index (χ1v) is 11.4. The molecule has 3 rings (SSSR count). The number of hydrogen-bond donors (Lipinski definition) is 0. The monoisotopic (exact) mass is 434 g/mol. The molecule has 0 spiro atoms. The standard InChI is InChI=1S/C32H34O/c1-7-8-13-26-23-30(16-15-24(26)2)32(5,6)28-19-17-27(18-20-28)31(3,4)29-14-9-11-25(22-29)12-10-21-33/h7-23H,1H2,2-6H3/b12-10+,13-8+. The first-order valence-electron chi connectivity index (χ1n) is 11.4. The third kappa shape index (κ3) is 5.31. The van der Waals surface area contributed by atoms with Crippen molar-refractivity contribution in [3.8, 4) is 0 Å². The zero-order chi connectivity index (χ0) is 24.1. The molecule has 0 aliphatic carbocycles. The Balaban J connectivity index is 1.93. The lowest BCUT2D eigenvalue weighted by atomic mass is 9.74. The molecule has 0 atom stereocenters. The maximum Gasteiger partial charge on any atom is 0.142 e. The lowest BCUT2D eigenvalue weighted by Gasteiger charge is -2.30. The Hall–Kier alpha value is -3.45. The van der Waals surface area contributed by atoms with Crippen molar-refractivity contribution < 1.29 is 4.79 Å². The van der Waals surface area contributed by atoms with Gasteiger partial charge in [0, 0.05) is 10.8 Å². The summed E-state index contributed by atoms with van der Waals surface area (Å²) in [6.45, 7) is 15.0. The quantitative estimate of drug-likeness (QED) is 0.199. The third-order valence-electron chi connectivity index (χ3n) is 6.72. The van der Waals surface area contributed by atoms with Crippen LogP contribution in [0.25, 0.3) is 12.2 Å². The Morgan fingerprint density at radius 3 is 1.85 bits per heavy atom. The predicted molar refractivity (Wildman–Crippen MR) is 143 cm³/mol. The minimum absolute atomic E-state index is 0.118. The second-order valence-electron chi connectivity index (χ2n) is 9.61. The fraction of sp³-hybridized carbons (Fsp3) is 0.219. The van der Waals surface area contributed by atoms with Crippen LogP contribution in [0.4, 0.5) is 0 Å². The number of rotatable bonds is 8. The maximum absolute atomic E-state index is 10.7. The zero-order valence-corrected chi connectivity index (χ0v) is 20.4. The Morgan fingerprint density at radius 1 is 0.697 bits per heavy atom. The summed E-state index contributed by atoms with van der Waals surface area (Å²) in [5, 5.41) is 0. The van der Waals surface area contributed by atoms with E-state index in [2.05, 4.69) is 108 Å². The average molecular weight is 435 g/mol. The number of benzene rings is 3. The second-order valence-corrected chi connectivity index (χ2v) is 9.61. The van der Waals surface area contributed by atoms with Gasteiger partial charge in [-0.05, 0) is 51.9 Å².